The first-order chi connectivity index (χ1) is 9.97. The van der Waals surface area contributed by atoms with Gasteiger partial charge < -0.3 is 15.4 Å². The topological polar surface area (TPSA) is 84.5 Å². The van der Waals surface area contributed by atoms with Gasteiger partial charge in [-0.05, 0) is 43.7 Å². The van der Waals surface area contributed by atoms with Crippen LogP contribution in [0.25, 0.3) is 0 Å². The Balaban J connectivity index is 0.00000242. The van der Waals surface area contributed by atoms with Gasteiger partial charge in [-0.15, -0.1) is 12.4 Å². The number of carbonyl (C=O) groups is 1. The van der Waals surface area contributed by atoms with Crippen LogP contribution in [-0.4, -0.2) is 46.3 Å². The maximum atomic E-state index is 11.7. The Hall–Kier alpha value is -1.31. The van der Waals surface area contributed by atoms with Gasteiger partial charge >= 0.3 is 0 Å². The molecule has 1 aliphatic rings. The molecule has 1 aromatic carbocycles. The molecule has 6 nitrogen and oxygen atoms in total. The van der Waals surface area contributed by atoms with Gasteiger partial charge in [-0.25, -0.2) is 8.42 Å². The Labute approximate surface area is 136 Å². The summed E-state index contributed by atoms with van der Waals surface area (Å²) in [6.07, 6.45) is 3.07. The molecule has 0 radical (unpaired) electrons. The molecule has 1 atom stereocenters. The zero-order chi connectivity index (χ0) is 15.3. The van der Waals surface area contributed by atoms with E-state index in [9.17, 15) is 13.2 Å². The highest BCUT2D eigenvalue weighted by Gasteiger charge is 2.21. The van der Waals surface area contributed by atoms with Crippen molar-refractivity contribution in [3.63, 3.8) is 0 Å². The molecule has 0 spiro atoms. The van der Waals surface area contributed by atoms with Crippen molar-refractivity contribution < 1.29 is 17.9 Å². The number of nitrogens with one attached hydrogen (secondary N) is 2. The van der Waals surface area contributed by atoms with Crippen LogP contribution in [0.3, 0.4) is 0 Å². The fourth-order valence-corrected chi connectivity index (χ4v) is 2.79. The summed E-state index contributed by atoms with van der Waals surface area (Å²) in [5.41, 5.74) is 0. The van der Waals surface area contributed by atoms with Gasteiger partial charge in [0.2, 0.25) is 5.91 Å². The number of rotatable bonds is 6. The minimum absolute atomic E-state index is 0. The van der Waals surface area contributed by atoms with E-state index in [0.29, 0.717) is 18.9 Å². The maximum Gasteiger partial charge on any atom is 0.237 e. The molecular weight excluding hydrogens is 328 g/mol. The third-order valence-electron chi connectivity index (χ3n) is 3.30. The smallest absolute Gasteiger partial charge is 0.237 e. The first kappa shape index (κ1) is 18.7. The Bertz CT molecular complexity index is 583. The third kappa shape index (κ3) is 5.47. The van der Waals surface area contributed by atoms with Crippen LogP contribution < -0.4 is 15.4 Å². The zero-order valence-corrected chi connectivity index (χ0v) is 14.0. The van der Waals surface area contributed by atoms with Gasteiger partial charge in [0.05, 0.1) is 17.5 Å². The average molecular weight is 349 g/mol. The summed E-state index contributed by atoms with van der Waals surface area (Å²) in [5.74, 6) is 0.583. The number of hydrogen-bond donors (Lipinski definition) is 2. The predicted molar refractivity (Wildman–Crippen MR) is 86.3 cm³/mol. The minimum Gasteiger partial charge on any atom is -0.492 e. The number of ether oxygens (including phenoxy) is 1. The second kappa shape index (κ2) is 8.36. The lowest BCUT2D eigenvalue weighted by Gasteiger charge is -2.11. The minimum atomic E-state index is -3.18. The fraction of sp³-hybridized carbons (Fsp3) is 0.500. The molecule has 1 fully saturated rings. The largest absolute Gasteiger partial charge is 0.492 e. The molecule has 1 heterocycles. The van der Waals surface area contributed by atoms with Crippen LogP contribution in [-0.2, 0) is 14.6 Å². The highest BCUT2D eigenvalue weighted by Crippen LogP contribution is 2.15. The standard InChI is InChI=1S/C14H20N2O4S.ClH/c1-21(18,19)12-6-4-11(5-7-12)20-10-9-16-14(17)13-3-2-8-15-13;/h4-7,13,15H,2-3,8-10H2,1H3,(H,16,17);1H. The van der Waals surface area contributed by atoms with Crippen molar-refractivity contribution in [3.05, 3.63) is 24.3 Å². The molecule has 2 rings (SSSR count). The highest BCUT2D eigenvalue weighted by atomic mass is 35.5. The molecule has 22 heavy (non-hydrogen) atoms. The first-order valence-electron chi connectivity index (χ1n) is 6.91. The lowest BCUT2D eigenvalue weighted by Crippen LogP contribution is -2.41. The van der Waals surface area contributed by atoms with E-state index in [0.717, 1.165) is 25.6 Å². The zero-order valence-electron chi connectivity index (χ0n) is 12.4. The van der Waals surface area contributed by atoms with Crippen LogP contribution in [0.2, 0.25) is 0 Å². The molecule has 1 saturated heterocycles. The van der Waals surface area contributed by atoms with Gasteiger partial charge in [0.25, 0.3) is 0 Å². The molecule has 1 unspecified atom stereocenters. The van der Waals surface area contributed by atoms with Crippen molar-refractivity contribution in [2.75, 3.05) is 26.0 Å². The summed E-state index contributed by atoms with van der Waals surface area (Å²) in [7, 11) is -3.18. The molecular formula is C14H21ClN2O4S. The maximum absolute atomic E-state index is 11.7. The molecule has 0 bridgehead atoms. The lowest BCUT2D eigenvalue weighted by molar-refractivity contribution is -0.122. The number of benzene rings is 1. The number of sulfone groups is 1. The van der Waals surface area contributed by atoms with Crippen LogP contribution >= 0.6 is 12.4 Å². The normalized spacial score (nSPS) is 17.6. The Morgan fingerprint density at radius 3 is 2.59 bits per heavy atom. The Morgan fingerprint density at radius 2 is 2.05 bits per heavy atom. The van der Waals surface area contributed by atoms with Crippen LogP contribution in [0.4, 0.5) is 0 Å². The van der Waals surface area contributed by atoms with E-state index in [-0.39, 0.29) is 29.3 Å². The summed E-state index contributed by atoms with van der Waals surface area (Å²) >= 11 is 0. The average Bonchev–Trinajstić information content (AvgIpc) is 2.97. The van der Waals surface area contributed by atoms with Crippen LogP contribution in [0.15, 0.2) is 29.2 Å². The van der Waals surface area contributed by atoms with E-state index in [1.807, 2.05) is 0 Å². The molecule has 124 valence electrons. The Morgan fingerprint density at radius 1 is 1.36 bits per heavy atom. The van der Waals surface area contributed by atoms with E-state index in [1.54, 1.807) is 12.1 Å². The van der Waals surface area contributed by atoms with E-state index >= 15 is 0 Å². The van der Waals surface area contributed by atoms with Crippen LogP contribution in [0.5, 0.6) is 5.75 Å². The number of halogens is 1. The molecule has 0 aromatic heterocycles. The van der Waals surface area contributed by atoms with Crippen molar-refractivity contribution in [2.24, 2.45) is 0 Å². The van der Waals surface area contributed by atoms with Gasteiger partial charge in [0.1, 0.15) is 12.4 Å². The van der Waals surface area contributed by atoms with Gasteiger partial charge in [0, 0.05) is 6.26 Å². The third-order valence-corrected chi connectivity index (χ3v) is 4.43. The molecule has 2 N–H and O–H groups in total. The van der Waals surface area contributed by atoms with Crippen molar-refractivity contribution in [1.29, 1.82) is 0 Å². The second-order valence-corrected chi connectivity index (χ2v) is 7.05. The van der Waals surface area contributed by atoms with Crippen molar-refractivity contribution in [1.82, 2.24) is 10.6 Å². The van der Waals surface area contributed by atoms with Gasteiger partial charge in [0.15, 0.2) is 9.84 Å². The summed E-state index contributed by atoms with van der Waals surface area (Å²) in [6, 6.07) is 6.14. The van der Waals surface area contributed by atoms with Crippen molar-refractivity contribution in [3.8, 4) is 5.75 Å². The van der Waals surface area contributed by atoms with Gasteiger partial charge in [-0.1, -0.05) is 0 Å². The summed E-state index contributed by atoms with van der Waals surface area (Å²) in [4.78, 5) is 12.0. The second-order valence-electron chi connectivity index (χ2n) is 5.03. The van der Waals surface area contributed by atoms with Crippen LogP contribution in [0, 0.1) is 0 Å². The molecule has 0 aliphatic carbocycles. The van der Waals surface area contributed by atoms with Crippen LogP contribution in [0.1, 0.15) is 12.8 Å². The number of hydrogen-bond acceptors (Lipinski definition) is 5. The predicted octanol–water partition coefficient (Wildman–Crippen LogP) is 0.759. The quantitative estimate of drug-likeness (QED) is 0.741. The lowest BCUT2D eigenvalue weighted by atomic mass is 10.2. The van der Waals surface area contributed by atoms with Crippen molar-refractivity contribution >= 4 is 28.2 Å². The number of amides is 1. The van der Waals surface area contributed by atoms with E-state index in [4.69, 9.17) is 4.74 Å². The van der Waals surface area contributed by atoms with E-state index in [1.165, 1.54) is 12.1 Å². The highest BCUT2D eigenvalue weighted by molar-refractivity contribution is 7.90. The van der Waals surface area contributed by atoms with E-state index < -0.39 is 9.84 Å². The molecule has 1 amide bonds. The summed E-state index contributed by atoms with van der Waals surface area (Å²) < 4.78 is 28.1. The number of carbonyl (C=O) groups excluding carboxylic acids is 1. The Kier molecular flexibility index (Phi) is 7.12. The SMILES string of the molecule is CS(=O)(=O)c1ccc(OCCNC(=O)C2CCCN2)cc1.Cl. The van der Waals surface area contributed by atoms with E-state index in [2.05, 4.69) is 10.6 Å². The molecule has 8 heteroatoms. The summed E-state index contributed by atoms with van der Waals surface area (Å²) in [6.45, 7) is 1.66. The fourth-order valence-electron chi connectivity index (χ4n) is 2.16. The monoisotopic (exact) mass is 348 g/mol. The first-order valence-corrected chi connectivity index (χ1v) is 8.80. The molecule has 1 aliphatic heterocycles. The molecule has 1 aromatic rings. The van der Waals surface area contributed by atoms with Crippen molar-refractivity contribution in [2.45, 2.75) is 23.8 Å². The van der Waals surface area contributed by atoms with Gasteiger partial charge in [-0.2, -0.15) is 0 Å². The summed E-state index contributed by atoms with van der Waals surface area (Å²) in [5, 5.41) is 5.93. The molecule has 0 saturated carbocycles. The van der Waals surface area contributed by atoms with Gasteiger partial charge in [-0.3, -0.25) is 4.79 Å².